The molecule has 1 amide bonds. The van der Waals surface area contributed by atoms with Crippen LogP contribution in [0.5, 0.6) is 0 Å². The van der Waals surface area contributed by atoms with Crippen molar-refractivity contribution in [2.45, 2.75) is 89.9 Å². The SMILES string of the molecule is C[N+]1=C(C=CC=C2N(CCCCCC(=O)NCCCCCCN)c3ccc4ccccc4c3C2(C)C)C(C)(C)c2c1ccc1ccccc21.[Cl-]. The lowest BCUT2D eigenvalue weighted by Crippen LogP contribution is -3.00. The van der Waals surface area contributed by atoms with Crippen molar-refractivity contribution in [2.75, 3.05) is 31.6 Å². The molecule has 5 nitrogen and oxygen atoms in total. The van der Waals surface area contributed by atoms with Crippen molar-refractivity contribution in [1.82, 2.24) is 5.32 Å². The number of nitrogens with zero attached hydrogens (tertiary/aromatic N) is 2. The molecule has 50 heavy (non-hydrogen) atoms. The number of benzene rings is 4. The van der Waals surface area contributed by atoms with Crippen molar-refractivity contribution >= 4 is 44.5 Å². The van der Waals surface area contributed by atoms with Crippen molar-refractivity contribution < 1.29 is 21.8 Å². The number of carbonyl (C=O) groups excluding carboxylic acids is 1. The molecule has 4 aromatic rings. The fourth-order valence-electron chi connectivity index (χ4n) is 8.37. The van der Waals surface area contributed by atoms with Crippen LogP contribution < -0.4 is 28.4 Å². The first kappa shape index (κ1) is 37.3. The molecule has 0 unspecified atom stereocenters. The Kier molecular flexibility index (Phi) is 11.9. The molecule has 2 aliphatic heterocycles. The lowest BCUT2D eigenvalue weighted by molar-refractivity contribution is -0.401. The zero-order valence-corrected chi connectivity index (χ0v) is 31.5. The van der Waals surface area contributed by atoms with Crippen LogP contribution in [0.15, 0.2) is 96.7 Å². The number of nitrogens with one attached hydrogen (secondary N) is 1. The van der Waals surface area contributed by atoms with Gasteiger partial charge in [-0.05, 0) is 91.4 Å². The van der Waals surface area contributed by atoms with Gasteiger partial charge in [0, 0.05) is 54.0 Å². The van der Waals surface area contributed by atoms with Gasteiger partial charge in [-0.3, -0.25) is 4.79 Å². The predicted molar refractivity (Wildman–Crippen MR) is 208 cm³/mol. The summed E-state index contributed by atoms with van der Waals surface area (Å²) in [4.78, 5) is 15.0. The van der Waals surface area contributed by atoms with Crippen LogP contribution in [-0.4, -0.2) is 42.9 Å². The van der Waals surface area contributed by atoms with E-state index in [-0.39, 0.29) is 29.1 Å². The molecule has 6 heteroatoms. The van der Waals surface area contributed by atoms with E-state index in [1.807, 2.05) is 0 Å². The Morgan fingerprint density at radius 2 is 1.42 bits per heavy atom. The topological polar surface area (TPSA) is 61.4 Å². The molecule has 0 saturated heterocycles. The summed E-state index contributed by atoms with van der Waals surface area (Å²) in [7, 11) is 2.20. The summed E-state index contributed by atoms with van der Waals surface area (Å²) >= 11 is 0. The third-order valence-electron chi connectivity index (χ3n) is 10.9. The van der Waals surface area contributed by atoms with Crippen LogP contribution in [0.4, 0.5) is 11.4 Å². The number of carbonyl (C=O) groups is 1. The van der Waals surface area contributed by atoms with Gasteiger partial charge < -0.3 is 28.4 Å². The van der Waals surface area contributed by atoms with Gasteiger partial charge in [0.05, 0.1) is 5.41 Å². The minimum atomic E-state index is -0.161. The van der Waals surface area contributed by atoms with Crippen LogP contribution in [0.25, 0.3) is 21.5 Å². The normalized spacial score (nSPS) is 16.8. The third kappa shape index (κ3) is 7.27. The van der Waals surface area contributed by atoms with E-state index in [2.05, 4.69) is 141 Å². The molecule has 2 heterocycles. The van der Waals surface area contributed by atoms with Crippen LogP contribution in [0.1, 0.15) is 90.2 Å². The highest BCUT2D eigenvalue weighted by Crippen LogP contribution is 2.51. The second-order valence-corrected chi connectivity index (χ2v) is 15.0. The quantitative estimate of drug-likeness (QED) is 0.118. The number of unbranched alkanes of at least 4 members (excludes halogenated alkanes) is 5. The van der Waals surface area contributed by atoms with E-state index in [0.717, 1.165) is 64.6 Å². The lowest BCUT2D eigenvalue weighted by Gasteiger charge is -2.27. The Bertz CT molecular complexity index is 1940. The molecule has 3 N–H and O–H groups in total. The van der Waals surface area contributed by atoms with Crippen LogP contribution in [0, 0.1) is 0 Å². The van der Waals surface area contributed by atoms with Crippen LogP contribution in [0.2, 0.25) is 0 Å². The molecule has 0 spiro atoms. The highest BCUT2D eigenvalue weighted by atomic mass is 35.5. The van der Waals surface area contributed by atoms with Gasteiger partial charge >= 0.3 is 0 Å². The highest BCUT2D eigenvalue weighted by molar-refractivity contribution is 6.07. The van der Waals surface area contributed by atoms with E-state index < -0.39 is 0 Å². The lowest BCUT2D eigenvalue weighted by atomic mass is 9.79. The maximum Gasteiger partial charge on any atom is 0.219 e. The Hall–Kier alpha value is -3.93. The maximum absolute atomic E-state index is 12.4. The number of hydrogen-bond donors (Lipinski definition) is 2. The van der Waals surface area contributed by atoms with E-state index in [0.29, 0.717) is 6.42 Å². The number of amides is 1. The number of rotatable bonds is 14. The molecular formula is C44H55ClN4O. The largest absolute Gasteiger partial charge is 1.00 e. The molecule has 0 aromatic heterocycles. The fraction of sp³-hybridized carbons (Fsp3) is 0.409. The predicted octanol–water partition coefficient (Wildman–Crippen LogP) is 6.44. The van der Waals surface area contributed by atoms with Gasteiger partial charge in [-0.1, -0.05) is 93.8 Å². The maximum atomic E-state index is 12.4. The molecule has 0 saturated carbocycles. The summed E-state index contributed by atoms with van der Waals surface area (Å²) in [6.45, 7) is 11.9. The molecule has 0 fully saturated rings. The summed E-state index contributed by atoms with van der Waals surface area (Å²) in [5.41, 5.74) is 13.3. The van der Waals surface area contributed by atoms with Gasteiger partial charge in [0.2, 0.25) is 11.6 Å². The van der Waals surface area contributed by atoms with Gasteiger partial charge in [0.1, 0.15) is 7.05 Å². The van der Waals surface area contributed by atoms with Gasteiger partial charge in [-0.15, -0.1) is 0 Å². The van der Waals surface area contributed by atoms with Crippen molar-refractivity contribution in [3.05, 3.63) is 108 Å². The van der Waals surface area contributed by atoms with Crippen LogP contribution in [-0.2, 0) is 15.6 Å². The average Bonchev–Trinajstić information content (AvgIpc) is 3.44. The molecule has 6 rings (SSSR count). The van der Waals surface area contributed by atoms with E-state index in [4.69, 9.17) is 5.73 Å². The summed E-state index contributed by atoms with van der Waals surface area (Å²) in [6, 6.07) is 26.6. The van der Waals surface area contributed by atoms with Crippen molar-refractivity contribution in [3.8, 4) is 0 Å². The molecule has 4 aromatic carbocycles. The van der Waals surface area contributed by atoms with Crippen molar-refractivity contribution in [2.24, 2.45) is 5.73 Å². The number of nitrogens with two attached hydrogens (primary N) is 1. The third-order valence-corrected chi connectivity index (χ3v) is 10.9. The second-order valence-electron chi connectivity index (χ2n) is 15.0. The Labute approximate surface area is 305 Å². The monoisotopic (exact) mass is 690 g/mol. The van der Waals surface area contributed by atoms with Gasteiger partial charge in [-0.2, -0.15) is 4.58 Å². The molecule has 264 valence electrons. The average molecular weight is 691 g/mol. The molecular weight excluding hydrogens is 636 g/mol. The first-order valence-electron chi connectivity index (χ1n) is 18.4. The molecule has 0 atom stereocenters. The first-order chi connectivity index (χ1) is 23.7. The van der Waals surface area contributed by atoms with E-state index in [1.54, 1.807) is 0 Å². The highest BCUT2D eigenvalue weighted by Gasteiger charge is 2.44. The number of anilines is 1. The molecule has 0 bridgehead atoms. The van der Waals surface area contributed by atoms with Gasteiger partial charge in [0.25, 0.3) is 0 Å². The Morgan fingerprint density at radius 3 is 2.14 bits per heavy atom. The van der Waals surface area contributed by atoms with Crippen LogP contribution in [0.3, 0.4) is 0 Å². The van der Waals surface area contributed by atoms with Gasteiger partial charge in [-0.25, -0.2) is 0 Å². The van der Waals surface area contributed by atoms with Gasteiger partial charge in [0.15, 0.2) is 5.71 Å². The summed E-state index contributed by atoms with van der Waals surface area (Å²) < 4.78 is 2.37. The zero-order chi connectivity index (χ0) is 34.6. The Morgan fingerprint density at radius 1 is 0.780 bits per heavy atom. The van der Waals surface area contributed by atoms with Crippen LogP contribution >= 0.6 is 0 Å². The minimum Gasteiger partial charge on any atom is -1.00 e. The van der Waals surface area contributed by atoms with E-state index >= 15 is 0 Å². The number of fused-ring (bicyclic) bond motifs is 6. The molecule has 2 aliphatic rings. The number of hydrogen-bond acceptors (Lipinski definition) is 3. The fourth-order valence-corrected chi connectivity index (χ4v) is 8.37. The summed E-state index contributed by atoms with van der Waals surface area (Å²) in [6.07, 6.45) is 14.9. The second kappa shape index (κ2) is 16.0. The van der Waals surface area contributed by atoms with Crippen molar-refractivity contribution in [1.29, 1.82) is 0 Å². The van der Waals surface area contributed by atoms with Crippen molar-refractivity contribution in [3.63, 3.8) is 0 Å². The van der Waals surface area contributed by atoms with E-state index in [9.17, 15) is 4.79 Å². The standard InChI is InChI=1S/C44H54N4O.ClH/c1-43(2)38(47(5)36-27-25-32-18-10-12-20-34(32)41(36)43)22-17-23-39-44(3,4)42-35-21-13-11-19-33(35)26-28-37(42)48(39)31-16-8-9-24-40(49)46-30-15-7-6-14-29-45;/h10-13,17-23,25-28H,6-9,14-16,24,29-31,45H2,1-5H3;1H. The smallest absolute Gasteiger partial charge is 0.219 e. The molecule has 0 radical (unpaired) electrons. The van der Waals surface area contributed by atoms with E-state index in [1.165, 1.54) is 55.5 Å². The zero-order valence-electron chi connectivity index (χ0n) is 30.7. The Balaban J connectivity index is 0.00000486. The minimum absolute atomic E-state index is 0. The first-order valence-corrected chi connectivity index (χ1v) is 18.4. The molecule has 0 aliphatic carbocycles. The summed E-state index contributed by atoms with van der Waals surface area (Å²) in [5, 5.41) is 8.34. The number of allylic oxidation sites excluding steroid dienone is 4. The summed E-state index contributed by atoms with van der Waals surface area (Å²) in [5.74, 6) is 0.177. The number of halogens is 1.